The number of amides is 1. The third-order valence-electron chi connectivity index (χ3n) is 2.43. The van der Waals surface area contributed by atoms with E-state index in [4.69, 9.17) is 27.9 Å². The van der Waals surface area contributed by atoms with Gasteiger partial charge >= 0.3 is 0 Å². The molecule has 0 aromatic heterocycles. The predicted octanol–water partition coefficient (Wildman–Crippen LogP) is 2.86. The molecule has 1 aromatic rings. The van der Waals surface area contributed by atoms with E-state index in [2.05, 4.69) is 6.58 Å². The van der Waals surface area contributed by atoms with Gasteiger partial charge in [0.1, 0.15) is 5.75 Å². The van der Waals surface area contributed by atoms with Crippen molar-refractivity contribution in [3.05, 3.63) is 35.4 Å². The van der Waals surface area contributed by atoms with E-state index in [0.717, 1.165) is 5.57 Å². The summed E-state index contributed by atoms with van der Waals surface area (Å²) in [5.74, 6) is 0.850. The van der Waals surface area contributed by atoms with Crippen LogP contribution in [-0.4, -0.2) is 24.9 Å². The molecule has 0 aliphatic carbocycles. The zero-order valence-electron chi connectivity index (χ0n) is 9.08. The lowest BCUT2D eigenvalue weighted by Gasteiger charge is -2.29. The number of anilines is 1. The molecule has 0 spiro atoms. The summed E-state index contributed by atoms with van der Waals surface area (Å²) in [5, 5.41) is 0.559. The Kier molecular flexibility index (Phi) is 3.60. The van der Waals surface area contributed by atoms with E-state index < -0.39 is 0 Å². The van der Waals surface area contributed by atoms with Gasteiger partial charge in [0, 0.05) is 17.4 Å². The van der Waals surface area contributed by atoms with Crippen LogP contribution in [0.5, 0.6) is 5.75 Å². The first-order chi connectivity index (χ1) is 8.11. The lowest BCUT2D eigenvalue weighted by atomic mass is 10.2. The van der Waals surface area contributed by atoms with Crippen LogP contribution >= 0.6 is 23.2 Å². The Morgan fingerprint density at radius 1 is 1.53 bits per heavy atom. The zero-order chi connectivity index (χ0) is 12.4. The number of rotatable bonds is 3. The van der Waals surface area contributed by atoms with Crippen LogP contribution in [0.25, 0.3) is 0 Å². The molecule has 0 fully saturated rings. The van der Waals surface area contributed by atoms with Crippen LogP contribution in [0, 0.1) is 0 Å². The van der Waals surface area contributed by atoms with Crippen molar-refractivity contribution < 1.29 is 9.53 Å². The molecule has 2 rings (SSSR count). The summed E-state index contributed by atoms with van der Waals surface area (Å²) >= 11 is 11.6. The molecule has 0 saturated heterocycles. The number of carbonyl (C=O) groups excluding carboxylic acids is 1. The van der Waals surface area contributed by atoms with Gasteiger partial charge in [-0.05, 0) is 23.8 Å². The molecule has 1 amide bonds. The third-order valence-corrected chi connectivity index (χ3v) is 3.05. The van der Waals surface area contributed by atoms with Gasteiger partial charge in [-0.1, -0.05) is 18.2 Å². The molecule has 0 bridgehead atoms. The van der Waals surface area contributed by atoms with Crippen LogP contribution in [0.15, 0.2) is 30.4 Å². The molecule has 5 heteroatoms. The molecule has 1 heterocycles. The number of benzene rings is 1. The fraction of sp³-hybridized carbons (Fsp3) is 0.250. The van der Waals surface area contributed by atoms with Gasteiger partial charge in [-0.15, -0.1) is 11.6 Å². The maximum atomic E-state index is 11.8. The Hall–Kier alpha value is -1.19. The molecular weight excluding hydrogens is 261 g/mol. The zero-order valence-corrected chi connectivity index (χ0v) is 10.6. The largest absolute Gasteiger partial charge is 0.482 e. The molecule has 90 valence electrons. The normalized spacial score (nSPS) is 14.2. The Labute approximate surface area is 110 Å². The lowest BCUT2D eigenvalue weighted by molar-refractivity contribution is -0.121. The second-order valence-electron chi connectivity index (χ2n) is 3.76. The van der Waals surface area contributed by atoms with Gasteiger partial charge in [0.25, 0.3) is 5.91 Å². The number of ether oxygens (including phenoxy) is 1. The molecule has 0 unspecified atom stereocenters. The maximum Gasteiger partial charge on any atom is 0.265 e. The van der Waals surface area contributed by atoms with Crippen LogP contribution in [-0.2, 0) is 4.79 Å². The second kappa shape index (κ2) is 4.98. The summed E-state index contributed by atoms with van der Waals surface area (Å²) in [6.45, 7) is 4.22. The highest BCUT2D eigenvalue weighted by Crippen LogP contribution is 2.34. The molecule has 1 aliphatic heterocycles. The highest BCUT2D eigenvalue weighted by molar-refractivity contribution is 6.31. The molecule has 1 aromatic carbocycles. The van der Waals surface area contributed by atoms with Gasteiger partial charge in [-0.25, -0.2) is 0 Å². The van der Waals surface area contributed by atoms with Crippen molar-refractivity contribution in [2.24, 2.45) is 0 Å². The monoisotopic (exact) mass is 271 g/mol. The molecular formula is C12H11Cl2NO2. The average Bonchev–Trinajstić information content (AvgIpc) is 2.32. The number of halogens is 2. The minimum absolute atomic E-state index is 0.0319. The van der Waals surface area contributed by atoms with Gasteiger partial charge in [0.15, 0.2) is 6.61 Å². The highest BCUT2D eigenvalue weighted by atomic mass is 35.5. The Morgan fingerprint density at radius 2 is 2.29 bits per heavy atom. The SMILES string of the molecule is C=C(CCl)CN1C(=O)COc2ccc(Cl)cc21. The van der Waals surface area contributed by atoms with Crippen LogP contribution in [0.3, 0.4) is 0 Å². The molecule has 0 atom stereocenters. The van der Waals surface area contributed by atoms with E-state index in [1.165, 1.54) is 0 Å². The van der Waals surface area contributed by atoms with Crippen LogP contribution in [0.2, 0.25) is 5.02 Å². The second-order valence-corrected chi connectivity index (χ2v) is 4.47. The van der Waals surface area contributed by atoms with Crippen molar-refractivity contribution in [2.75, 3.05) is 23.9 Å². The molecule has 17 heavy (non-hydrogen) atoms. The molecule has 0 saturated carbocycles. The quantitative estimate of drug-likeness (QED) is 0.625. The van der Waals surface area contributed by atoms with Gasteiger partial charge in [-0.2, -0.15) is 0 Å². The van der Waals surface area contributed by atoms with Crippen molar-refractivity contribution >= 4 is 34.8 Å². The van der Waals surface area contributed by atoms with E-state index in [1.807, 2.05) is 0 Å². The number of carbonyl (C=O) groups is 1. The molecule has 3 nitrogen and oxygen atoms in total. The van der Waals surface area contributed by atoms with Crippen molar-refractivity contribution in [2.45, 2.75) is 0 Å². The first-order valence-electron chi connectivity index (χ1n) is 5.07. The summed E-state index contributed by atoms with van der Waals surface area (Å²) in [7, 11) is 0. The van der Waals surface area contributed by atoms with Crippen molar-refractivity contribution in [1.82, 2.24) is 0 Å². The van der Waals surface area contributed by atoms with E-state index in [-0.39, 0.29) is 12.5 Å². The Balaban J connectivity index is 2.35. The first-order valence-corrected chi connectivity index (χ1v) is 5.98. The number of hydrogen-bond acceptors (Lipinski definition) is 2. The Bertz CT molecular complexity index is 474. The fourth-order valence-corrected chi connectivity index (χ4v) is 1.87. The predicted molar refractivity (Wildman–Crippen MR) is 69.2 cm³/mol. The van der Waals surface area contributed by atoms with Gasteiger partial charge in [-0.3, -0.25) is 4.79 Å². The van der Waals surface area contributed by atoms with E-state index in [9.17, 15) is 4.79 Å². The summed E-state index contributed by atoms with van der Waals surface area (Å²) in [4.78, 5) is 13.4. The third kappa shape index (κ3) is 2.56. The number of nitrogens with zero attached hydrogens (tertiary/aromatic N) is 1. The molecule has 1 aliphatic rings. The summed E-state index contributed by atoms with van der Waals surface area (Å²) in [6.07, 6.45) is 0. The molecule has 0 radical (unpaired) electrons. The number of fused-ring (bicyclic) bond motifs is 1. The van der Waals surface area contributed by atoms with Gasteiger partial charge < -0.3 is 9.64 Å². The smallest absolute Gasteiger partial charge is 0.265 e. The van der Waals surface area contributed by atoms with Crippen LogP contribution < -0.4 is 9.64 Å². The maximum absolute atomic E-state index is 11.8. The van der Waals surface area contributed by atoms with E-state index in [0.29, 0.717) is 28.9 Å². The summed E-state index contributed by atoms with van der Waals surface area (Å²) < 4.78 is 5.32. The fourth-order valence-electron chi connectivity index (χ4n) is 1.61. The van der Waals surface area contributed by atoms with Crippen LogP contribution in [0.1, 0.15) is 0 Å². The minimum Gasteiger partial charge on any atom is -0.482 e. The van der Waals surface area contributed by atoms with Crippen molar-refractivity contribution in [3.8, 4) is 5.75 Å². The van der Waals surface area contributed by atoms with Gasteiger partial charge in [0.05, 0.1) is 5.69 Å². The van der Waals surface area contributed by atoms with Crippen molar-refractivity contribution in [1.29, 1.82) is 0 Å². The van der Waals surface area contributed by atoms with E-state index in [1.54, 1.807) is 23.1 Å². The number of alkyl halides is 1. The van der Waals surface area contributed by atoms with Crippen LogP contribution in [0.4, 0.5) is 5.69 Å². The Morgan fingerprint density at radius 3 is 3.00 bits per heavy atom. The minimum atomic E-state index is -0.119. The van der Waals surface area contributed by atoms with E-state index >= 15 is 0 Å². The summed E-state index contributed by atoms with van der Waals surface area (Å²) in [5.41, 5.74) is 1.44. The summed E-state index contributed by atoms with van der Waals surface area (Å²) in [6, 6.07) is 5.18. The first kappa shape index (κ1) is 12.3. The average molecular weight is 272 g/mol. The standard InChI is InChI=1S/C12H11Cl2NO2/c1-8(5-13)6-15-10-4-9(14)2-3-11(10)17-7-12(15)16/h2-4H,1,5-7H2. The van der Waals surface area contributed by atoms with Crippen molar-refractivity contribution in [3.63, 3.8) is 0 Å². The van der Waals surface area contributed by atoms with Gasteiger partial charge in [0.2, 0.25) is 0 Å². The number of hydrogen-bond donors (Lipinski definition) is 0. The highest BCUT2D eigenvalue weighted by Gasteiger charge is 2.25. The lowest BCUT2D eigenvalue weighted by Crippen LogP contribution is -2.40. The molecule has 0 N–H and O–H groups in total. The topological polar surface area (TPSA) is 29.5 Å².